The summed E-state index contributed by atoms with van der Waals surface area (Å²) in [5.41, 5.74) is 2.75. The zero-order chi connectivity index (χ0) is 17.1. The zero-order valence-corrected chi connectivity index (χ0v) is 15.2. The van der Waals surface area contributed by atoms with Crippen molar-refractivity contribution in [3.63, 3.8) is 0 Å². The first-order valence-electron chi connectivity index (χ1n) is 9.17. The van der Waals surface area contributed by atoms with E-state index in [2.05, 4.69) is 54.6 Å². The number of hydrogen-bond acceptors (Lipinski definition) is 0. The molecule has 0 aliphatic carbocycles. The molecule has 1 saturated heterocycles. The van der Waals surface area contributed by atoms with Crippen LogP contribution in [0.15, 0.2) is 66.7 Å². The maximum atomic E-state index is 6.32. The van der Waals surface area contributed by atoms with Crippen molar-refractivity contribution in [3.05, 3.63) is 82.9 Å². The standard InChI is InChI=1S/C22H23ClN2/c23-22-11-4-2-7-20(22)17-25-14-12-24(13-15-25)16-19-9-5-8-18-6-1-3-10-21(18)19/h1-11H,12-17H2/p+2. The Morgan fingerprint density at radius 2 is 1.20 bits per heavy atom. The Kier molecular flexibility index (Phi) is 5.02. The van der Waals surface area contributed by atoms with Crippen LogP contribution in [0.25, 0.3) is 10.8 Å². The summed E-state index contributed by atoms with van der Waals surface area (Å²) in [6.07, 6.45) is 0. The van der Waals surface area contributed by atoms with Crippen LogP contribution in [0.2, 0.25) is 5.02 Å². The summed E-state index contributed by atoms with van der Waals surface area (Å²) in [4.78, 5) is 3.34. The van der Waals surface area contributed by atoms with Gasteiger partial charge < -0.3 is 9.80 Å². The molecule has 3 heteroatoms. The first-order valence-corrected chi connectivity index (χ1v) is 9.54. The van der Waals surface area contributed by atoms with E-state index in [9.17, 15) is 0 Å². The highest BCUT2D eigenvalue weighted by atomic mass is 35.5. The summed E-state index contributed by atoms with van der Waals surface area (Å²) < 4.78 is 0. The van der Waals surface area contributed by atoms with Crippen molar-refractivity contribution >= 4 is 22.4 Å². The van der Waals surface area contributed by atoms with Crippen molar-refractivity contribution in [1.82, 2.24) is 0 Å². The Bertz CT molecular complexity index is 848. The average molecular weight is 353 g/mol. The molecular weight excluding hydrogens is 328 g/mol. The Labute approximate surface area is 154 Å². The molecule has 0 saturated carbocycles. The van der Waals surface area contributed by atoms with E-state index in [0.29, 0.717) is 0 Å². The minimum absolute atomic E-state index is 0.903. The lowest BCUT2D eigenvalue weighted by Gasteiger charge is -2.30. The van der Waals surface area contributed by atoms with E-state index < -0.39 is 0 Å². The van der Waals surface area contributed by atoms with Crippen LogP contribution >= 0.6 is 11.6 Å². The SMILES string of the molecule is Clc1ccccc1C[NH+]1CC[NH+](Cc2cccc3ccccc23)CC1. The number of hydrogen-bond donors (Lipinski definition) is 2. The second kappa shape index (κ2) is 7.57. The summed E-state index contributed by atoms with van der Waals surface area (Å²) in [7, 11) is 0. The highest BCUT2D eigenvalue weighted by Gasteiger charge is 2.24. The summed E-state index contributed by atoms with van der Waals surface area (Å²) in [5.74, 6) is 0. The molecule has 0 atom stereocenters. The van der Waals surface area contributed by atoms with Gasteiger partial charge in [0.15, 0.2) is 0 Å². The van der Waals surface area contributed by atoms with Gasteiger partial charge in [0.25, 0.3) is 0 Å². The van der Waals surface area contributed by atoms with Gasteiger partial charge in [-0.15, -0.1) is 0 Å². The fraction of sp³-hybridized carbons (Fsp3) is 0.273. The largest absolute Gasteiger partial charge is 0.322 e. The van der Waals surface area contributed by atoms with Gasteiger partial charge in [-0.3, -0.25) is 0 Å². The molecular formula is C22H25ClN2+2. The lowest BCUT2D eigenvalue weighted by molar-refractivity contribution is -1.02. The topological polar surface area (TPSA) is 8.88 Å². The Hall–Kier alpha value is -1.87. The molecule has 2 N–H and O–H groups in total. The van der Waals surface area contributed by atoms with Gasteiger partial charge in [-0.1, -0.05) is 72.3 Å². The minimum atomic E-state index is 0.903. The van der Waals surface area contributed by atoms with Crippen LogP contribution in [0.5, 0.6) is 0 Å². The average Bonchev–Trinajstić information content (AvgIpc) is 2.65. The molecule has 4 rings (SSSR count). The molecule has 25 heavy (non-hydrogen) atoms. The Morgan fingerprint density at radius 1 is 0.640 bits per heavy atom. The predicted octanol–water partition coefficient (Wildman–Crippen LogP) is 1.98. The third kappa shape index (κ3) is 3.87. The molecule has 0 spiro atoms. The fourth-order valence-corrected chi connectivity index (χ4v) is 4.14. The maximum Gasteiger partial charge on any atom is 0.127 e. The molecule has 1 aliphatic heterocycles. The molecule has 1 fully saturated rings. The molecule has 0 aromatic heterocycles. The van der Waals surface area contributed by atoms with Crippen LogP contribution in [0, 0.1) is 0 Å². The number of rotatable bonds is 4. The minimum Gasteiger partial charge on any atom is -0.322 e. The van der Waals surface area contributed by atoms with Gasteiger partial charge >= 0.3 is 0 Å². The van der Waals surface area contributed by atoms with Gasteiger partial charge in [-0.25, -0.2) is 0 Å². The van der Waals surface area contributed by atoms with Crippen LogP contribution in [0.1, 0.15) is 11.1 Å². The molecule has 0 unspecified atom stereocenters. The highest BCUT2D eigenvalue weighted by Crippen LogP contribution is 2.17. The number of fused-ring (bicyclic) bond motifs is 1. The van der Waals surface area contributed by atoms with Crippen molar-refractivity contribution in [1.29, 1.82) is 0 Å². The molecule has 3 aromatic rings. The lowest BCUT2D eigenvalue weighted by Crippen LogP contribution is -3.27. The van der Waals surface area contributed by atoms with Crippen molar-refractivity contribution in [3.8, 4) is 0 Å². The van der Waals surface area contributed by atoms with Crippen LogP contribution < -0.4 is 9.80 Å². The van der Waals surface area contributed by atoms with Crippen LogP contribution in [-0.2, 0) is 13.1 Å². The third-order valence-corrected chi connectivity index (χ3v) is 5.75. The molecule has 1 aliphatic rings. The molecule has 0 bridgehead atoms. The van der Waals surface area contributed by atoms with Gasteiger partial charge in [0.1, 0.15) is 39.3 Å². The Balaban J connectivity index is 1.38. The van der Waals surface area contributed by atoms with Gasteiger partial charge in [-0.2, -0.15) is 0 Å². The first kappa shape index (κ1) is 16.6. The quantitative estimate of drug-likeness (QED) is 0.710. The third-order valence-electron chi connectivity index (χ3n) is 5.38. The smallest absolute Gasteiger partial charge is 0.127 e. The van der Waals surface area contributed by atoms with Gasteiger partial charge in [0.05, 0.1) is 0 Å². The van der Waals surface area contributed by atoms with E-state index in [-0.39, 0.29) is 0 Å². The van der Waals surface area contributed by atoms with Crippen molar-refractivity contribution in [2.45, 2.75) is 13.1 Å². The molecule has 3 aromatic carbocycles. The van der Waals surface area contributed by atoms with E-state index in [1.54, 1.807) is 9.80 Å². The number of piperazine rings is 1. The molecule has 0 amide bonds. The number of halogens is 1. The number of quaternary nitrogens is 2. The molecule has 2 nitrogen and oxygen atoms in total. The van der Waals surface area contributed by atoms with E-state index >= 15 is 0 Å². The van der Waals surface area contributed by atoms with Crippen molar-refractivity contribution < 1.29 is 9.80 Å². The highest BCUT2D eigenvalue weighted by molar-refractivity contribution is 6.31. The first-order chi connectivity index (χ1) is 12.3. The van der Waals surface area contributed by atoms with E-state index in [4.69, 9.17) is 11.6 Å². The van der Waals surface area contributed by atoms with Crippen molar-refractivity contribution in [2.24, 2.45) is 0 Å². The van der Waals surface area contributed by atoms with Crippen LogP contribution in [0.4, 0.5) is 0 Å². The van der Waals surface area contributed by atoms with Crippen LogP contribution in [-0.4, -0.2) is 26.2 Å². The predicted molar refractivity (Wildman–Crippen MR) is 104 cm³/mol. The van der Waals surface area contributed by atoms with Gasteiger partial charge in [0, 0.05) is 16.1 Å². The number of benzene rings is 3. The van der Waals surface area contributed by atoms with E-state index in [1.165, 1.54) is 48.1 Å². The second-order valence-corrected chi connectivity index (χ2v) is 7.49. The molecule has 0 radical (unpaired) electrons. The fourth-order valence-electron chi connectivity index (χ4n) is 3.94. The molecule has 128 valence electrons. The second-order valence-electron chi connectivity index (χ2n) is 7.08. The van der Waals surface area contributed by atoms with Gasteiger partial charge in [0.2, 0.25) is 0 Å². The van der Waals surface area contributed by atoms with Crippen molar-refractivity contribution in [2.75, 3.05) is 26.2 Å². The summed E-state index contributed by atoms with van der Waals surface area (Å²) in [5, 5.41) is 3.66. The lowest BCUT2D eigenvalue weighted by atomic mass is 10.0. The summed E-state index contributed by atoms with van der Waals surface area (Å²) >= 11 is 6.32. The monoisotopic (exact) mass is 352 g/mol. The normalized spacial score (nSPS) is 20.7. The summed E-state index contributed by atoms with van der Waals surface area (Å²) in [6.45, 7) is 7.05. The van der Waals surface area contributed by atoms with Crippen LogP contribution in [0.3, 0.4) is 0 Å². The maximum absolute atomic E-state index is 6.32. The zero-order valence-electron chi connectivity index (χ0n) is 14.5. The number of nitrogens with one attached hydrogen (secondary N) is 2. The Morgan fingerprint density at radius 3 is 1.96 bits per heavy atom. The molecule has 1 heterocycles. The summed E-state index contributed by atoms with van der Waals surface area (Å²) in [6, 6.07) is 23.7. The van der Waals surface area contributed by atoms with Gasteiger partial charge in [-0.05, 0) is 16.8 Å². The van der Waals surface area contributed by atoms with E-state index in [1.807, 2.05) is 12.1 Å². The van der Waals surface area contributed by atoms with E-state index in [0.717, 1.165) is 18.1 Å².